The van der Waals surface area contributed by atoms with E-state index in [4.69, 9.17) is 0 Å². The Morgan fingerprint density at radius 2 is 1.33 bits per heavy atom. The Morgan fingerprint density at radius 1 is 0.815 bits per heavy atom. The van der Waals surface area contributed by atoms with E-state index in [0.29, 0.717) is 12.2 Å². The number of hydrogen-bond donors (Lipinski definition) is 0. The Balaban J connectivity index is 0.00000261. The summed E-state index contributed by atoms with van der Waals surface area (Å²) in [6.07, 6.45) is 6.12. The fraction of sp³-hybridized carbons (Fsp3) is 0.250. The van der Waals surface area contributed by atoms with Gasteiger partial charge < -0.3 is 0 Å². The molecule has 0 aliphatic rings. The van der Waals surface area contributed by atoms with E-state index in [2.05, 4.69) is 36.2 Å². The Kier molecular flexibility index (Phi) is 8.22. The van der Waals surface area contributed by atoms with E-state index in [1.54, 1.807) is 12.4 Å². The summed E-state index contributed by atoms with van der Waals surface area (Å²) < 4.78 is 0. The number of pyridine rings is 1. The van der Waals surface area contributed by atoms with Crippen molar-refractivity contribution < 1.29 is 4.79 Å². The number of hydrogen-bond acceptors (Lipinski definition) is 2. The number of ketones is 1. The number of benzene rings is 2. The molecule has 0 saturated heterocycles. The van der Waals surface area contributed by atoms with Gasteiger partial charge in [-0.05, 0) is 35.2 Å². The van der Waals surface area contributed by atoms with E-state index >= 15 is 0 Å². The zero-order valence-electron chi connectivity index (χ0n) is 15.6. The minimum Gasteiger partial charge on any atom is -0.299 e. The summed E-state index contributed by atoms with van der Waals surface area (Å²) in [6.45, 7) is 2.13. The first kappa shape index (κ1) is 20.9. The monoisotopic (exact) mass is 379 g/mol. The van der Waals surface area contributed by atoms with E-state index in [0.717, 1.165) is 18.4 Å². The predicted octanol–water partition coefficient (Wildman–Crippen LogP) is 6.18. The third kappa shape index (κ3) is 5.27. The van der Waals surface area contributed by atoms with Crippen LogP contribution in [0.5, 0.6) is 0 Å². The maximum atomic E-state index is 13.3. The number of rotatable bonds is 8. The topological polar surface area (TPSA) is 30.0 Å². The standard InChI is InChI=1S/C24H25NO.ClH/c1-2-3-14-22(26)24(21-15-17-25-18-16-21)23(19-10-6-4-7-11-19)20-12-8-5-9-13-20;/h4-13,15-18,23-24H,2-3,14H2,1H3;1H. The molecule has 0 radical (unpaired) electrons. The Labute approximate surface area is 168 Å². The van der Waals surface area contributed by atoms with Crippen molar-refractivity contribution in [1.29, 1.82) is 0 Å². The Hall–Kier alpha value is -2.45. The van der Waals surface area contributed by atoms with Crippen LogP contribution in [0.25, 0.3) is 0 Å². The Bertz CT molecular complexity index is 766. The van der Waals surface area contributed by atoms with Gasteiger partial charge in [0.15, 0.2) is 0 Å². The molecule has 0 spiro atoms. The van der Waals surface area contributed by atoms with Gasteiger partial charge in [0.1, 0.15) is 5.78 Å². The van der Waals surface area contributed by atoms with Crippen molar-refractivity contribution in [3.63, 3.8) is 0 Å². The van der Waals surface area contributed by atoms with Crippen molar-refractivity contribution in [3.05, 3.63) is 102 Å². The first-order chi connectivity index (χ1) is 12.8. The molecule has 0 N–H and O–H groups in total. The van der Waals surface area contributed by atoms with Crippen molar-refractivity contribution in [1.82, 2.24) is 4.98 Å². The summed E-state index contributed by atoms with van der Waals surface area (Å²) >= 11 is 0. The van der Waals surface area contributed by atoms with Gasteiger partial charge in [-0.1, -0.05) is 74.0 Å². The van der Waals surface area contributed by atoms with E-state index < -0.39 is 0 Å². The molecule has 0 amide bonds. The van der Waals surface area contributed by atoms with Gasteiger partial charge in [-0.2, -0.15) is 0 Å². The summed E-state index contributed by atoms with van der Waals surface area (Å²) in [5.41, 5.74) is 3.38. The number of halogens is 1. The highest BCUT2D eigenvalue weighted by Crippen LogP contribution is 2.39. The molecule has 0 fully saturated rings. The highest BCUT2D eigenvalue weighted by molar-refractivity contribution is 5.87. The van der Waals surface area contributed by atoms with Crippen LogP contribution < -0.4 is 0 Å². The van der Waals surface area contributed by atoms with E-state index in [-0.39, 0.29) is 24.2 Å². The summed E-state index contributed by atoms with van der Waals surface area (Å²) in [4.78, 5) is 17.4. The number of Topliss-reactive ketones (excluding diaryl/α,β-unsaturated/α-hetero) is 1. The molecule has 1 atom stereocenters. The van der Waals surface area contributed by atoms with Crippen molar-refractivity contribution in [2.75, 3.05) is 0 Å². The minimum absolute atomic E-state index is 0. The van der Waals surface area contributed by atoms with Crippen molar-refractivity contribution in [2.24, 2.45) is 0 Å². The highest BCUT2D eigenvalue weighted by Gasteiger charge is 2.31. The van der Waals surface area contributed by atoms with Gasteiger partial charge in [0.25, 0.3) is 0 Å². The normalized spacial score (nSPS) is 11.6. The minimum atomic E-state index is -0.200. The average Bonchev–Trinajstić information content (AvgIpc) is 2.72. The third-order valence-electron chi connectivity index (χ3n) is 4.84. The number of carbonyl (C=O) groups excluding carboxylic acids is 1. The van der Waals surface area contributed by atoms with E-state index in [9.17, 15) is 4.79 Å². The summed E-state index contributed by atoms with van der Waals surface area (Å²) in [6, 6.07) is 24.7. The summed E-state index contributed by atoms with van der Waals surface area (Å²) in [5.74, 6) is 0.106. The fourth-order valence-corrected chi connectivity index (χ4v) is 3.54. The molecule has 0 bridgehead atoms. The molecular weight excluding hydrogens is 354 g/mol. The van der Waals surface area contributed by atoms with Gasteiger partial charge in [-0.3, -0.25) is 9.78 Å². The lowest BCUT2D eigenvalue weighted by Crippen LogP contribution is -2.22. The van der Waals surface area contributed by atoms with Gasteiger partial charge >= 0.3 is 0 Å². The lowest BCUT2D eigenvalue weighted by Gasteiger charge is -2.28. The van der Waals surface area contributed by atoms with Crippen LogP contribution in [-0.4, -0.2) is 10.8 Å². The molecule has 2 aromatic carbocycles. The predicted molar refractivity (Wildman–Crippen MR) is 113 cm³/mol. The molecular formula is C24H26ClNO. The molecule has 2 nitrogen and oxygen atoms in total. The number of aromatic nitrogens is 1. The molecule has 3 rings (SSSR count). The van der Waals surface area contributed by atoms with Gasteiger partial charge in [0, 0.05) is 24.7 Å². The van der Waals surface area contributed by atoms with Crippen LogP contribution in [0.4, 0.5) is 0 Å². The number of carbonyl (C=O) groups is 1. The van der Waals surface area contributed by atoms with Crippen molar-refractivity contribution in [2.45, 2.75) is 38.0 Å². The third-order valence-corrected chi connectivity index (χ3v) is 4.84. The number of unbranched alkanes of at least 4 members (excludes halogenated alkanes) is 1. The molecule has 0 aliphatic heterocycles. The van der Waals surface area contributed by atoms with Crippen LogP contribution in [-0.2, 0) is 4.79 Å². The Morgan fingerprint density at radius 3 is 1.81 bits per heavy atom. The highest BCUT2D eigenvalue weighted by atomic mass is 35.5. The molecule has 27 heavy (non-hydrogen) atoms. The maximum absolute atomic E-state index is 13.3. The van der Waals surface area contributed by atoms with Gasteiger partial charge in [0.2, 0.25) is 0 Å². The quantitative estimate of drug-likeness (QED) is 0.467. The number of nitrogens with zero attached hydrogens (tertiary/aromatic N) is 1. The second kappa shape index (κ2) is 10.6. The van der Waals surface area contributed by atoms with Gasteiger partial charge in [-0.15, -0.1) is 12.4 Å². The van der Waals surface area contributed by atoms with Crippen LogP contribution >= 0.6 is 12.4 Å². The van der Waals surface area contributed by atoms with Crippen LogP contribution in [0.2, 0.25) is 0 Å². The molecule has 1 heterocycles. The van der Waals surface area contributed by atoms with Crippen LogP contribution in [0.3, 0.4) is 0 Å². The van der Waals surface area contributed by atoms with E-state index in [1.807, 2.05) is 48.5 Å². The molecule has 140 valence electrons. The lowest BCUT2D eigenvalue weighted by atomic mass is 9.74. The van der Waals surface area contributed by atoms with Gasteiger partial charge in [-0.25, -0.2) is 0 Å². The average molecular weight is 380 g/mol. The smallest absolute Gasteiger partial charge is 0.141 e. The molecule has 0 aliphatic carbocycles. The van der Waals surface area contributed by atoms with Gasteiger partial charge in [0.05, 0.1) is 5.92 Å². The van der Waals surface area contributed by atoms with Crippen molar-refractivity contribution >= 4 is 18.2 Å². The molecule has 0 saturated carbocycles. The zero-order chi connectivity index (χ0) is 18.2. The largest absolute Gasteiger partial charge is 0.299 e. The molecule has 3 aromatic rings. The second-order valence-electron chi connectivity index (χ2n) is 6.63. The van der Waals surface area contributed by atoms with E-state index in [1.165, 1.54) is 11.1 Å². The zero-order valence-corrected chi connectivity index (χ0v) is 16.4. The SMILES string of the molecule is CCCCC(=O)C(c1ccncc1)C(c1ccccc1)c1ccccc1.Cl. The summed E-state index contributed by atoms with van der Waals surface area (Å²) in [7, 11) is 0. The summed E-state index contributed by atoms with van der Waals surface area (Å²) in [5, 5.41) is 0. The first-order valence-corrected chi connectivity index (χ1v) is 9.33. The second-order valence-corrected chi connectivity index (χ2v) is 6.63. The lowest BCUT2D eigenvalue weighted by molar-refractivity contribution is -0.120. The first-order valence-electron chi connectivity index (χ1n) is 9.33. The maximum Gasteiger partial charge on any atom is 0.141 e. The van der Waals surface area contributed by atoms with Crippen molar-refractivity contribution in [3.8, 4) is 0 Å². The van der Waals surface area contributed by atoms with Crippen LogP contribution in [0.1, 0.15) is 54.7 Å². The van der Waals surface area contributed by atoms with Crippen LogP contribution in [0.15, 0.2) is 85.2 Å². The fourth-order valence-electron chi connectivity index (χ4n) is 3.54. The molecule has 3 heteroatoms. The molecule has 1 aromatic heterocycles. The van der Waals surface area contributed by atoms with Crippen LogP contribution in [0, 0.1) is 0 Å². The molecule has 1 unspecified atom stereocenters.